The van der Waals surface area contributed by atoms with Gasteiger partial charge in [-0.05, 0) is 26.0 Å². The van der Waals surface area contributed by atoms with E-state index >= 15 is 0 Å². The van der Waals surface area contributed by atoms with Crippen molar-refractivity contribution in [3.05, 3.63) is 78.1 Å². The number of allylic oxidation sites excluding steroid dienone is 1. The summed E-state index contributed by atoms with van der Waals surface area (Å²) in [6.45, 7) is 8.86. The first-order valence-electron chi connectivity index (χ1n) is 11.4. The molecule has 0 unspecified atom stereocenters. The normalized spacial score (nSPS) is 14.3. The first kappa shape index (κ1) is 32.7. The van der Waals surface area contributed by atoms with Gasteiger partial charge in [0.2, 0.25) is 5.69 Å². The van der Waals surface area contributed by atoms with Crippen LogP contribution in [-0.2, 0) is 22.6 Å². The van der Waals surface area contributed by atoms with E-state index in [0.717, 1.165) is 0 Å². The summed E-state index contributed by atoms with van der Waals surface area (Å²) in [5.41, 5.74) is -0.379. The largest absolute Gasteiger partial charge is 1.00 e. The minimum Gasteiger partial charge on any atom is -1.00 e. The smallest absolute Gasteiger partial charge is 0.485 e. The summed E-state index contributed by atoms with van der Waals surface area (Å²) in [6.07, 6.45) is 10.1. The number of para-hydroxylation sites is 1. The number of nitrogens with zero attached hydrogens (tertiary/aromatic N) is 2. The molecule has 3 aromatic rings. The van der Waals surface area contributed by atoms with E-state index in [9.17, 15) is 13.2 Å². The zero-order valence-corrected chi connectivity index (χ0v) is 24.6. The van der Waals surface area contributed by atoms with Gasteiger partial charge in [0, 0.05) is 34.0 Å². The first-order chi connectivity index (χ1) is 16.6. The number of fused-ring (bicyclic) bond motifs is 2. The Morgan fingerprint density at radius 3 is 2.00 bits per heavy atom. The average molecular weight is 649 g/mol. The molecular formula is C27H32F3IN2O3S. The number of aromatic nitrogens is 1. The fourth-order valence-electron chi connectivity index (χ4n) is 4.02. The van der Waals surface area contributed by atoms with Crippen LogP contribution in [0.3, 0.4) is 0 Å². The molecule has 0 aliphatic carbocycles. The standard InChI is InChI=1S/C23H24N2.C3H8.CHF3O3S.HI/c1-23(2)20-11-7-8-12-21(20)25(4)22(23)14-13-18-16-24(3)15-17-9-5-6-10-19(17)18;1-3-2;2-1(3,4)8(5,6)7;/h5-16H,1-4H3;3H2,1-2H3;(H,5,6,7);1H/q+2;;;/p-2/b14-13+;;;. The van der Waals surface area contributed by atoms with Crippen LogP contribution >= 0.6 is 0 Å². The highest BCUT2D eigenvalue weighted by Crippen LogP contribution is 2.39. The molecule has 2 heterocycles. The van der Waals surface area contributed by atoms with Crippen molar-refractivity contribution in [2.24, 2.45) is 7.05 Å². The van der Waals surface area contributed by atoms with E-state index in [4.69, 9.17) is 13.0 Å². The van der Waals surface area contributed by atoms with E-state index in [0.29, 0.717) is 0 Å². The van der Waals surface area contributed by atoms with E-state index in [-0.39, 0.29) is 29.4 Å². The third-order valence-corrected chi connectivity index (χ3v) is 6.17. The lowest BCUT2D eigenvalue weighted by Crippen LogP contribution is -3.00. The van der Waals surface area contributed by atoms with Gasteiger partial charge in [0.1, 0.15) is 14.1 Å². The zero-order valence-electron chi connectivity index (χ0n) is 21.7. The van der Waals surface area contributed by atoms with Gasteiger partial charge in [-0.15, -0.1) is 0 Å². The van der Waals surface area contributed by atoms with Crippen molar-refractivity contribution in [2.75, 3.05) is 7.05 Å². The van der Waals surface area contributed by atoms with Gasteiger partial charge in [-0.1, -0.05) is 56.7 Å². The molecule has 202 valence electrons. The lowest BCUT2D eigenvalue weighted by molar-refractivity contribution is -0.670. The molecule has 0 saturated heterocycles. The molecule has 0 bridgehead atoms. The van der Waals surface area contributed by atoms with Gasteiger partial charge in [-0.25, -0.2) is 13.0 Å². The molecule has 5 nitrogen and oxygen atoms in total. The summed E-state index contributed by atoms with van der Waals surface area (Å²) in [4.78, 5) is 0. The number of pyridine rings is 1. The molecular weight excluding hydrogens is 616 g/mol. The van der Waals surface area contributed by atoms with Crippen molar-refractivity contribution in [1.29, 1.82) is 0 Å². The van der Waals surface area contributed by atoms with Crippen LogP contribution in [-0.4, -0.2) is 35.8 Å². The van der Waals surface area contributed by atoms with E-state index in [1.54, 1.807) is 0 Å². The molecule has 1 aliphatic rings. The quantitative estimate of drug-likeness (QED) is 0.186. The predicted molar refractivity (Wildman–Crippen MR) is 136 cm³/mol. The molecule has 0 fully saturated rings. The van der Waals surface area contributed by atoms with E-state index in [2.05, 4.69) is 124 Å². The van der Waals surface area contributed by atoms with Crippen molar-refractivity contribution in [3.63, 3.8) is 0 Å². The Labute approximate surface area is 234 Å². The Kier molecular flexibility index (Phi) is 11.5. The topological polar surface area (TPSA) is 64.1 Å². The second kappa shape index (κ2) is 13.0. The number of rotatable bonds is 2. The van der Waals surface area contributed by atoms with Crippen LogP contribution in [0.1, 0.15) is 45.2 Å². The number of alkyl halides is 3. The Morgan fingerprint density at radius 1 is 0.946 bits per heavy atom. The van der Waals surface area contributed by atoms with Crippen LogP contribution in [0.15, 0.2) is 67.0 Å². The van der Waals surface area contributed by atoms with E-state index in [1.165, 1.54) is 39.7 Å². The second-order valence-corrected chi connectivity index (χ2v) is 10.4. The summed E-state index contributed by atoms with van der Waals surface area (Å²) in [6, 6.07) is 17.2. The van der Waals surface area contributed by atoms with Crippen molar-refractivity contribution >= 4 is 38.4 Å². The van der Waals surface area contributed by atoms with E-state index < -0.39 is 15.6 Å². The third-order valence-electron chi connectivity index (χ3n) is 5.60. The molecule has 0 saturated carbocycles. The first-order valence-corrected chi connectivity index (χ1v) is 12.8. The lowest BCUT2D eigenvalue weighted by atomic mass is 9.81. The highest BCUT2D eigenvalue weighted by Gasteiger charge is 2.42. The van der Waals surface area contributed by atoms with Crippen LogP contribution in [0.5, 0.6) is 0 Å². The van der Waals surface area contributed by atoms with Crippen molar-refractivity contribution in [2.45, 2.75) is 45.0 Å². The van der Waals surface area contributed by atoms with Crippen LogP contribution < -0.4 is 28.5 Å². The molecule has 0 atom stereocenters. The Balaban J connectivity index is 0.000000487. The molecule has 1 aromatic heterocycles. The molecule has 0 N–H and O–H groups in total. The second-order valence-electron chi connectivity index (χ2n) is 8.99. The van der Waals surface area contributed by atoms with Crippen molar-refractivity contribution < 1.29 is 59.3 Å². The number of aryl methyl sites for hydroxylation is 1. The van der Waals surface area contributed by atoms with Crippen LogP contribution in [0, 0.1) is 0 Å². The van der Waals surface area contributed by atoms with Crippen LogP contribution in [0.4, 0.5) is 18.9 Å². The Morgan fingerprint density at radius 2 is 1.46 bits per heavy atom. The molecule has 2 aromatic carbocycles. The fraction of sp³-hybridized carbons (Fsp3) is 0.333. The van der Waals surface area contributed by atoms with E-state index in [1.807, 2.05) is 0 Å². The summed E-state index contributed by atoms with van der Waals surface area (Å²) in [7, 11) is -1.85. The van der Waals surface area contributed by atoms with Gasteiger partial charge >= 0.3 is 5.51 Å². The number of hydrogen-bond acceptors (Lipinski definition) is 3. The number of benzene rings is 2. The van der Waals surface area contributed by atoms with Crippen LogP contribution in [0.25, 0.3) is 16.8 Å². The lowest BCUT2D eigenvalue weighted by Gasteiger charge is -2.15. The molecule has 10 heteroatoms. The predicted octanol–water partition coefficient (Wildman–Crippen LogP) is 2.86. The Hall–Kier alpha value is -2.31. The maximum absolute atomic E-state index is 10.7. The van der Waals surface area contributed by atoms with Gasteiger partial charge < -0.3 is 28.5 Å². The maximum atomic E-state index is 10.7. The molecule has 0 amide bonds. The van der Waals surface area contributed by atoms with Gasteiger partial charge in [0.05, 0.1) is 5.41 Å². The summed E-state index contributed by atoms with van der Waals surface area (Å²) in [5.74, 6) is 0. The molecule has 37 heavy (non-hydrogen) atoms. The van der Waals surface area contributed by atoms with Crippen molar-refractivity contribution in [1.82, 2.24) is 0 Å². The average Bonchev–Trinajstić information content (AvgIpc) is 2.97. The highest BCUT2D eigenvalue weighted by molar-refractivity contribution is 7.86. The number of hydrogen-bond donors (Lipinski definition) is 0. The summed E-state index contributed by atoms with van der Waals surface area (Å²) >= 11 is 0. The zero-order chi connectivity index (χ0) is 27.3. The molecule has 0 radical (unpaired) electrons. The fourth-order valence-corrected chi connectivity index (χ4v) is 4.02. The number of halogens is 4. The highest BCUT2D eigenvalue weighted by atomic mass is 127. The third kappa shape index (κ3) is 7.84. The SMILES string of the molecule is CCC.C[N+]1=C(/C=C/c2c[n+](C)cc3ccccc23)C(C)(C)c2ccccc21.O=S(=O)([O-])C(F)(F)F.[I-]. The molecule has 4 rings (SSSR count). The molecule has 0 spiro atoms. The van der Waals surface area contributed by atoms with Gasteiger partial charge in [0.25, 0.3) is 0 Å². The summed E-state index contributed by atoms with van der Waals surface area (Å²) < 4.78 is 63.3. The minimum absolute atomic E-state index is 0. The minimum atomic E-state index is -6.09. The Bertz CT molecular complexity index is 1400. The van der Waals surface area contributed by atoms with Gasteiger partial charge in [-0.3, -0.25) is 0 Å². The summed E-state index contributed by atoms with van der Waals surface area (Å²) in [5, 5.41) is 2.55. The maximum Gasteiger partial charge on any atom is 0.485 e. The monoisotopic (exact) mass is 648 g/mol. The molecule has 1 aliphatic heterocycles. The van der Waals surface area contributed by atoms with Gasteiger partial charge in [-0.2, -0.15) is 17.7 Å². The van der Waals surface area contributed by atoms with Crippen LogP contribution in [0.2, 0.25) is 0 Å². The van der Waals surface area contributed by atoms with Crippen molar-refractivity contribution in [3.8, 4) is 0 Å². The van der Waals surface area contributed by atoms with Gasteiger partial charge in [0.15, 0.2) is 28.2 Å².